The summed E-state index contributed by atoms with van der Waals surface area (Å²) in [5.41, 5.74) is 1.92. The summed E-state index contributed by atoms with van der Waals surface area (Å²) in [7, 11) is 0. The Morgan fingerprint density at radius 3 is 2.42 bits per heavy atom. The number of benzene rings is 1. The smallest absolute Gasteiger partial charge is 0.297 e. The van der Waals surface area contributed by atoms with Crippen LogP contribution in [0.2, 0.25) is 5.02 Å². The average molecular weight is 370 g/mol. The SMILES string of the molecule is O=[N+]([O-])c1cc(CN2CCN(Cc3ccc(F)cc3Cl)CC2)cs1. The molecule has 0 spiro atoms. The van der Waals surface area contributed by atoms with Crippen molar-refractivity contribution < 1.29 is 9.31 Å². The van der Waals surface area contributed by atoms with Gasteiger partial charge < -0.3 is 0 Å². The number of halogens is 2. The van der Waals surface area contributed by atoms with Crippen LogP contribution in [-0.2, 0) is 13.1 Å². The van der Waals surface area contributed by atoms with E-state index >= 15 is 0 Å². The molecule has 128 valence electrons. The zero-order valence-electron chi connectivity index (χ0n) is 13.0. The normalized spacial score (nSPS) is 16.4. The molecule has 1 aromatic carbocycles. The lowest BCUT2D eigenvalue weighted by Gasteiger charge is -2.34. The number of thiophene rings is 1. The van der Waals surface area contributed by atoms with Crippen molar-refractivity contribution in [2.75, 3.05) is 26.2 Å². The summed E-state index contributed by atoms with van der Waals surface area (Å²) in [5.74, 6) is -0.321. The topological polar surface area (TPSA) is 49.6 Å². The monoisotopic (exact) mass is 369 g/mol. The van der Waals surface area contributed by atoms with Crippen molar-refractivity contribution in [3.63, 3.8) is 0 Å². The van der Waals surface area contributed by atoms with Crippen molar-refractivity contribution >= 4 is 27.9 Å². The lowest BCUT2D eigenvalue weighted by Crippen LogP contribution is -2.45. The van der Waals surface area contributed by atoms with Gasteiger partial charge in [0.2, 0.25) is 0 Å². The van der Waals surface area contributed by atoms with Gasteiger partial charge in [0.25, 0.3) is 0 Å². The molecule has 5 nitrogen and oxygen atoms in total. The van der Waals surface area contributed by atoms with Crippen molar-refractivity contribution in [1.29, 1.82) is 0 Å². The summed E-state index contributed by atoms with van der Waals surface area (Å²) in [4.78, 5) is 15.0. The third-order valence-electron chi connectivity index (χ3n) is 4.10. The minimum atomic E-state index is -0.349. The second-order valence-corrected chi connectivity index (χ2v) is 7.14. The summed E-state index contributed by atoms with van der Waals surface area (Å²) in [6.07, 6.45) is 0. The summed E-state index contributed by atoms with van der Waals surface area (Å²) >= 11 is 7.25. The third-order valence-corrected chi connectivity index (χ3v) is 5.38. The molecule has 0 radical (unpaired) electrons. The van der Waals surface area contributed by atoms with Gasteiger partial charge in [0.1, 0.15) is 5.82 Å². The Bertz CT molecular complexity index is 732. The van der Waals surface area contributed by atoms with Crippen molar-refractivity contribution in [3.05, 3.63) is 61.7 Å². The lowest BCUT2D eigenvalue weighted by molar-refractivity contribution is -0.380. The van der Waals surface area contributed by atoms with E-state index in [0.717, 1.165) is 43.9 Å². The van der Waals surface area contributed by atoms with E-state index in [1.807, 2.05) is 5.38 Å². The van der Waals surface area contributed by atoms with E-state index in [1.54, 1.807) is 12.1 Å². The first-order chi connectivity index (χ1) is 11.5. The second-order valence-electron chi connectivity index (χ2n) is 5.84. The zero-order chi connectivity index (χ0) is 17.1. The highest BCUT2D eigenvalue weighted by Crippen LogP contribution is 2.24. The fourth-order valence-electron chi connectivity index (χ4n) is 2.80. The van der Waals surface area contributed by atoms with E-state index in [2.05, 4.69) is 9.80 Å². The molecule has 0 N–H and O–H groups in total. The molecule has 0 bridgehead atoms. The average Bonchev–Trinajstić information content (AvgIpc) is 3.01. The van der Waals surface area contributed by atoms with Crippen LogP contribution in [0.3, 0.4) is 0 Å². The zero-order valence-corrected chi connectivity index (χ0v) is 14.5. The van der Waals surface area contributed by atoms with Crippen LogP contribution in [0.4, 0.5) is 9.39 Å². The largest absolute Gasteiger partial charge is 0.324 e. The first kappa shape index (κ1) is 17.3. The summed E-state index contributed by atoms with van der Waals surface area (Å²) < 4.78 is 13.1. The van der Waals surface area contributed by atoms with E-state index in [-0.39, 0.29) is 15.7 Å². The van der Waals surface area contributed by atoms with Gasteiger partial charge >= 0.3 is 5.00 Å². The maximum Gasteiger partial charge on any atom is 0.324 e. The molecule has 0 unspecified atom stereocenters. The number of hydrogen-bond acceptors (Lipinski definition) is 5. The van der Waals surface area contributed by atoms with Gasteiger partial charge in [-0.3, -0.25) is 19.9 Å². The lowest BCUT2D eigenvalue weighted by atomic mass is 10.2. The molecule has 0 atom stereocenters. The predicted octanol–water partition coefficient (Wildman–Crippen LogP) is 3.77. The van der Waals surface area contributed by atoms with Gasteiger partial charge in [-0.15, -0.1) is 0 Å². The van der Waals surface area contributed by atoms with E-state index in [1.165, 1.54) is 23.5 Å². The predicted molar refractivity (Wildman–Crippen MR) is 92.9 cm³/mol. The highest BCUT2D eigenvalue weighted by molar-refractivity contribution is 7.13. The van der Waals surface area contributed by atoms with Crippen LogP contribution in [0.5, 0.6) is 0 Å². The van der Waals surface area contributed by atoms with Crippen LogP contribution in [0, 0.1) is 15.9 Å². The molecular weight excluding hydrogens is 353 g/mol. The van der Waals surface area contributed by atoms with Crippen LogP contribution in [0.25, 0.3) is 0 Å². The van der Waals surface area contributed by atoms with E-state index < -0.39 is 0 Å². The molecule has 24 heavy (non-hydrogen) atoms. The molecule has 1 fully saturated rings. The Morgan fingerprint density at radius 2 is 1.83 bits per heavy atom. The van der Waals surface area contributed by atoms with Crippen LogP contribution < -0.4 is 0 Å². The Hall–Kier alpha value is -1.54. The van der Waals surface area contributed by atoms with Crippen LogP contribution in [0.1, 0.15) is 11.1 Å². The van der Waals surface area contributed by atoms with Gasteiger partial charge in [0.15, 0.2) is 0 Å². The molecule has 0 saturated carbocycles. The van der Waals surface area contributed by atoms with Gasteiger partial charge in [-0.25, -0.2) is 4.39 Å². The van der Waals surface area contributed by atoms with E-state index in [0.29, 0.717) is 11.6 Å². The number of hydrogen-bond donors (Lipinski definition) is 0. The fraction of sp³-hybridized carbons (Fsp3) is 0.375. The molecule has 3 rings (SSSR count). The number of nitro groups is 1. The highest BCUT2D eigenvalue weighted by atomic mass is 35.5. The van der Waals surface area contributed by atoms with Crippen molar-refractivity contribution in [2.24, 2.45) is 0 Å². The Morgan fingerprint density at radius 1 is 1.17 bits per heavy atom. The van der Waals surface area contributed by atoms with Crippen molar-refractivity contribution in [2.45, 2.75) is 13.1 Å². The Balaban J connectivity index is 1.51. The van der Waals surface area contributed by atoms with Gasteiger partial charge in [0, 0.05) is 55.7 Å². The molecule has 1 aliphatic heterocycles. The van der Waals surface area contributed by atoms with Gasteiger partial charge in [0.05, 0.1) is 4.92 Å². The molecule has 0 aliphatic carbocycles. The summed E-state index contributed by atoms with van der Waals surface area (Å²) in [5, 5.41) is 13.2. The Kier molecular flexibility index (Phi) is 5.45. The second kappa shape index (κ2) is 7.57. The number of piperazine rings is 1. The number of nitrogens with zero attached hydrogens (tertiary/aromatic N) is 3. The molecule has 2 heterocycles. The molecule has 1 aliphatic rings. The van der Waals surface area contributed by atoms with Gasteiger partial charge in [-0.2, -0.15) is 0 Å². The molecule has 1 aromatic heterocycles. The Labute approximate surface area is 148 Å². The molecule has 1 saturated heterocycles. The summed E-state index contributed by atoms with van der Waals surface area (Å²) in [6, 6.07) is 6.15. The van der Waals surface area contributed by atoms with E-state index in [4.69, 9.17) is 11.6 Å². The van der Waals surface area contributed by atoms with Gasteiger partial charge in [-0.1, -0.05) is 29.0 Å². The first-order valence-electron chi connectivity index (χ1n) is 7.62. The molecule has 0 amide bonds. The fourth-order valence-corrected chi connectivity index (χ4v) is 3.74. The standard InChI is InChI=1S/C16H17ClFN3O2S/c17-15-8-14(18)2-1-13(15)10-20-5-3-19(4-6-20)9-12-7-16(21(22)23)24-11-12/h1-2,7-8,11H,3-6,9-10H2. The summed E-state index contributed by atoms with van der Waals surface area (Å²) in [6.45, 7) is 5.00. The maximum atomic E-state index is 13.1. The minimum Gasteiger partial charge on any atom is -0.297 e. The van der Waals surface area contributed by atoms with Crippen LogP contribution >= 0.6 is 22.9 Å². The molecular formula is C16H17ClFN3O2S. The third kappa shape index (κ3) is 4.30. The van der Waals surface area contributed by atoms with Gasteiger partial charge in [-0.05, 0) is 23.3 Å². The molecule has 8 heteroatoms. The molecule has 2 aromatic rings. The highest BCUT2D eigenvalue weighted by Gasteiger charge is 2.19. The van der Waals surface area contributed by atoms with Crippen LogP contribution in [-0.4, -0.2) is 40.9 Å². The van der Waals surface area contributed by atoms with Crippen molar-refractivity contribution in [1.82, 2.24) is 9.80 Å². The maximum absolute atomic E-state index is 13.1. The first-order valence-corrected chi connectivity index (χ1v) is 8.87. The quantitative estimate of drug-likeness (QED) is 0.594. The van der Waals surface area contributed by atoms with Crippen LogP contribution in [0.15, 0.2) is 29.6 Å². The minimum absolute atomic E-state index is 0.189. The number of rotatable bonds is 5. The van der Waals surface area contributed by atoms with E-state index in [9.17, 15) is 14.5 Å². The van der Waals surface area contributed by atoms with Crippen molar-refractivity contribution in [3.8, 4) is 0 Å².